The number of esters is 3. The highest BCUT2D eigenvalue weighted by Crippen LogP contribution is 2.27. The number of hydrogen-bond donors (Lipinski definition) is 0. The topological polar surface area (TPSA) is 78.9 Å². The third-order valence-electron chi connectivity index (χ3n) is 5.75. The molecule has 0 aliphatic carbocycles. The van der Waals surface area contributed by atoms with Gasteiger partial charge in [-0.3, -0.25) is 14.4 Å². The summed E-state index contributed by atoms with van der Waals surface area (Å²) in [6.07, 6.45) is 7.91. The molecule has 7 nitrogen and oxygen atoms in total. The van der Waals surface area contributed by atoms with E-state index < -0.39 is 23.9 Å². The van der Waals surface area contributed by atoms with Crippen LogP contribution in [0.5, 0.6) is 0 Å². The summed E-state index contributed by atoms with van der Waals surface area (Å²) >= 11 is 0. The minimum atomic E-state index is -1.98. The molecule has 0 unspecified atom stereocenters. The highest BCUT2D eigenvalue weighted by molar-refractivity contribution is 5.73. The number of unbranched alkanes of at least 4 members (excludes halogenated alkanes) is 3. The number of carbonyl (C=O) groups excluding carboxylic acids is 3. The largest absolute Gasteiger partial charge is 0.423 e. The van der Waals surface area contributed by atoms with Crippen LogP contribution in [-0.4, -0.2) is 54.5 Å². The van der Waals surface area contributed by atoms with Gasteiger partial charge < -0.3 is 18.7 Å². The summed E-state index contributed by atoms with van der Waals surface area (Å²) in [6, 6.07) is 0. The fourth-order valence-corrected chi connectivity index (χ4v) is 3.73. The van der Waals surface area contributed by atoms with Crippen molar-refractivity contribution in [2.75, 3.05) is 26.2 Å². The van der Waals surface area contributed by atoms with Crippen LogP contribution < -0.4 is 0 Å². The summed E-state index contributed by atoms with van der Waals surface area (Å²) in [6.45, 7) is 15.7. The maximum atomic E-state index is 12.1. The molecule has 0 aliphatic heterocycles. The lowest BCUT2D eigenvalue weighted by Gasteiger charge is -2.40. The molecule has 0 aromatic rings. The summed E-state index contributed by atoms with van der Waals surface area (Å²) < 4.78 is 17.4. The van der Waals surface area contributed by atoms with Crippen molar-refractivity contribution in [1.82, 2.24) is 0 Å². The van der Waals surface area contributed by atoms with Crippen molar-refractivity contribution in [2.24, 2.45) is 0 Å². The molecule has 188 valence electrons. The molecule has 0 saturated carbocycles. The molecule has 0 aromatic carbocycles. The summed E-state index contributed by atoms with van der Waals surface area (Å²) in [4.78, 5) is 36.4. The van der Waals surface area contributed by atoms with Gasteiger partial charge in [-0.15, -0.1) is 0 Å². The summed E-state index contributed by atoms with van der Waals surface area (Å²) in [5.41, 5.74) is 0. The maximum Gasteiger partial charge on any atom is 0.423 e. The predicted octanol–water partition coefficient (Wildman–Crippen LogP) is 5.50. The van der Waals surface area contributed by atoms with Gasteiger partial charge in [0.1, 0.15) is 0 Å². The Hall–Kier alpha value is -1.63. The van der Waals surface area contributed by atoms with Crippen LogP contribution in [0, 0.1) is 0 Å². The minimum Gasteiger partial charge on any atom is -0.388 e. The van der Waals surface area contributed by atoms with E-state index >= 15 is 0 Å². The number of hydrogen-bond acceptors (Lipinski definition) is 6. The van der Waals surface area contributed by atoms with Gasteiger partial charge in [-0.1, -0.05) is 60.8 Å². The zero-order chi connectivity index (χ0) is 24.5. The molecule has 0 fully saturated rings. The zero-order valence-electron chi connectivity index (χ0n) is 21.5. The first-order valence-corrected chi connectivity index (χ1v) is 12.8. The Morgan fingerprint density at radius 3 is 1.16 bits per heavy atom. The SMILES string of the molecule is CCCC[N+](CCCC)(CCCC)CCCC(OC(=O)CC)(OC(=O)CC)OC(=O)CC. The van der Waals surface area contributed by atoms with Crippen molar-refractivity contribution >= 4 is 17.9 Å². The van der Waals surface area contributed by atoms with Crippen molar-refractivity contribution in [1.29, 1.82) is 0 Å². The van der Waals surface area contributed by atoms with E-state index in [1.54, 1.807) is 20.8 Å². The van der Waals surface area contributed by atoms with Gasteiger partial charge in [-0.2, -0.15) is 0 Å². The Labute approximate surface area is 195 Å². The van der Waals surface area contributed by atoms with Crippen molar-refractivity contribution in [3.8, 4) is 0 Å². The van der Waals surface area contributed by atoms with Gasteiger partial charge in [-0.05, 0) is 19.3 Å². The first kappa shape index (κ1) is 30.4. The van der Waals surface area contributed by atoms with Gasteiger partial charge in [-0.25, -0.2) is 0 Å². The van der Waals surface area contributed by atoms with E-state index in [-0.39, 0.29) is 25.7 Å². The molecule has 0 aromatic heterocycles. The monoisotopic (exact) mass is 458 g/mol. The number of rotatable bonds is 19. The summed E-state index contributed by atoms with van der Waals surface area (Å²) in [7, 11) is 0. The van der Waals surface area contributed by atoms with Gasteiger partial charge in [0, 0.05) is 25.7 Å². The Kier molecular flexibility index (Phi) is 16.1. The molecular formula is C25H48NO6+. The van der Waals surface area contributed by atoms with E-state index in [1.807, 2.05) is 0 Å². The average molecular weight is 459 g/mol. The van der Waals surface area contributed by atoms with Gasteiger partial charge in [0.15, 0.2) is 0 Å². The van der Waals surface area contributed by atoms with Crippen molar-refractivity contribution < 1.29 is 33.1 Å². The molecule has 0 heterocycles. The van der Waals surface area contributed by atoms with Crippen molar-refractivity contribution in [3.63, 3.8) is 0 Å². The second-order valence-electron chi connectivity index (χ2n) is 8.57. The van der Waals surface area contributed by atoms with E-state index in [4.69, 9.17) is 14.2 Å². The molecule has 0 atom stereocenters. The third kappa shape index (κ3) is 11.8. The van der Waals surface area contributed by atoms with E-state index in [0.717, 1.165) is 69.2 Å². The van der Waals surface area contributed by atoms with Crippen LogP contribution >= 0.6 is 0 Å². The maximum absolute atomic E-state index is 12.1. The van der Waals surface area contributed by atoms with Crippen LogP contribution in [-0.2, 0) is 28.6 Å². The van der Waals surface area contributed by atoms with E-state index in [0.29, 0.717) is 6.42 Å². The van der Waals surface area contributed by atoms with E-state index in [1.165, 1.54) is 0 Å². The molecule has 0 bridgehead atoms. The lowest BCUT2D eigenvalue weighted by Crippen LogP contribution is -2.52. The van der Waals surface area contributed by atoms with Crippen LogP contribution in [0.3, 0.4) is 0 Å². The smallest absolute Gasteiger partial charge is 0.388 e. The molecule has 0 spiro atoms. The van der Waals surface area contributed by atoms with Crippen LogP contribution in [0.25, 0.3) is 0 Å². The molecule has 0 radical (unpaired) electrons. The quantitative estimate of drug-likeness (QED) is 0.144. The summed E-state index contributed by atoms with van der Waals surface area (Å²) in [5.74, 6) is -3.69. The van der Waals surface area contributed by atoms with Crippen LogP contribution in [0.4, 0.5) is 0 Å². The normalized spacial score (nSPS) is 11.8. The molecule has 32 heavy (non-hydrogen) atoms. The van der Waals surface area contributed by atoms with Gasteiger partial charge in [0.2, 0.25) is 0 Å². The van der Waals surface area contributed by atoms with E-state index in [2.05, 4.69) is 20.8 Å². The molecule has 7 heteroatoms. The average Bonchev–Trinajstić information content (AvgIpc) is 2.79. The Morgan fingerprint density at radius 1 is 0.562 bits per heavy atom. The minimum absolute atomic E-state index is 0.0958. The third-order valence-corrected chi connectivity index (χ3v) is 5.75. The number of nitrogens with zero attached hydrogens (tertiary/aromatic N) is 1. The van der Waals surface area contributed by atoms with Gasteiger partial charge in [0.25, 0.3) is 0 Å². The molecule has 0 N–H and O–H groups in total. The molecule has 0 aliphatic rings. The zero-order valence-corrected chi connectivity index (χ0v) is 21.5. The van der Waals surface area contributed by atoms with Crippen molar-refractivity contribution in [3.05, 3.63) is 0 Å². The fraction of sp³-hybridized carbons (Fsp3) is 0.880. The standard InChI is InChI=1S/C25H48NO6/c1-7-13-18-26(19-14-8-2,20-15-9-3)21-16-17-25(30-22(27)10-4,31-23(28)11-5)32-24(29)12-6/h7-21H2,1-6H3/q+1. The Bertz CT molecular complexity index is 481. The molecule has 0 amide bonds. The predicted molar refractivity (Wildman–Crippen MR) is 126 cm³/mol. The highest BCUT2D eigenvalue weighted by Gasteiger charge is 2.43. The summed E-state index contributed by atoms with van der Waals surface area (Å²) in [5, 5.41) is 0. The number of ether oxygens (including phenoxy) is 3. The Balaban J connectivity index is 5.71. The molecular weight excluding hydrogens is 410 g/mol. The molecule has 0 rings (SSSR count). The Morgan fingerprint density at radius 2 is 0.875 bits per heavy atom. The highest BCUT2D eigenvalue weighted by atomic mass is 16.9. The lowest BCUT2D eigenvalue weighted by atomic mass is 10.1. The number of carbonyl (C=O) groups is 3. The van der Waals surface area contributed by atoms with Gasteiger partial charge >= 0.3 is 23.9 Å². The second-order valence-corrected chi connectivity index (χ2v) is 8.57. The van der Waals surface area contributed by atoms with Gasteiger partial charge in [0.05, 0.1) is 32.6 Å². The van der Waals surface area contributed by atoms with Crippen molar-refractivity contribution in [2.45, 2.75) is 118 Å². The first-order chi connectivity index (χ1) is 15.3. The second kappa shape index (κ2) is 16.9. The van der Waals surface area contributed by atoms with E-state index in [9.17, 15) is 14.4 Å². The molecule has 0 saturated heterocycles. The van der Waals surface area contributed by atoms with Crippen LogP contribution in [0.1, 0.15) is 112 Å². The van der Waals surface area contributed by atoms with Crippen LogP contribution in [0.15, 0.2) is 0 Å². The van der Waals surface area contributed by atoms with Crippen LogP contribution in [0.2, 0.25) is 0 Å². The fourth-order valence-electron chi connectivity index (χ4n) is 3.73. The number of quaternary nitrogens is 1. The first-order valence-electron chi connectivity index (χ1n) is 12.8. The lowest BCUT2D eigenvalue weighted by molar-refractivity contribution is -0.929.